The minimum Gasteiger partial charge on any atom is -0.476 e. The van der Waals surface area contributed by atoms with Crippen molar-refractivity contribution in [2.24, 2.45) is 0 Å². The van der Waals surface area contributed by atoms with Crippen LogP contribution in [0.2, 0.25) is 0 Å². The SMILES string of the molecule is Cc1nc2nc(NC(C)c3cccnc3)nc(C(=O)O)c2s1. The van der Waals surface area contributed by atoms with Gasteiger partial charge in [-0.05, 0) is 25.5 Å². The van der Waals surface area contributed by atoms with Crippen LogP contribution in [0.25, 0.3) is 10.3 Å². The molecule has 7 nitrogen and oxygen atoms in total. The van der Waals surface area contributed by atoms with Crippen molar-refractivity contribution in [3.05, 3.63) is 40.8 Å². The fourth-order valence-corrected chi connectivity index (χ4v) is 2.89. The number of aromatic carboxylic acids is 1. The summed E-state index contributed by atoms with van der Waals surface area (Å²) < 4.78 is 0.490. The zero-order valence-corrected chi connectivity index (χ0v) is 12.8. The van der Waals surface area contributed by atoms with Gasteiger partial charge in [-0.3, -0.25) is 4.98 Å². The van der Waals surface area contributed by atoms with Crippen LogP contribution < -0.4 is 5.32 Å². The fourth-order valence-electron chi connectivity index (χ4n) is 2.05. The van der Waals surface area contributed by atoms with E-state index in [1.807, 2.05) is 26.0 Å². The zero-order valence-electron chi connectivity index (χ0n) is 11.9. The number of nitrogens with one attached hydrogen (secondary N) is 1. The van der Waals surface area contributed by atoms with Gasteiger partial charge in [-0.25, -0.2) is 14.8 Å². The molecule has 0 spiro atoms. The van der Waals surface area contributed by atoms with Crippen molar-refractivity contribution in [2.45, 2.75) is 19.9 Å². The van der Waals surface area contributed by atoms with Crippen LogP contribution >= 0.6 is 11.3 Å². The highest BCUT2D eigenvalue weighted by molar-refractivity contribution is 7.18. The van der Waals surface area contributed by atoms with Crippen molar-refractivity contribution < 1.29 is 9.90 Å². The van der Waals surface area contributed by atoms with Gasteiger partial charge in [-0.2, -0.15) is 4.98 Å². The number of fused-ring (bicyclic) bond motifs is 1. The predicted molar refractivity (Wildman–Crippen MR) is 83.2 cm³/mol. The maximum Gasteiger partial charge on any atom is 0.356 e. The summed E-state index contributed by atoms with van der Waals surface area (Å²) in [5, 5.41) is 13.2. The standard InChI is InChI=1S/C14H13N5O2S/c1-7(9-4-3-5-15-6-9)16-14-18-10(13(20)21)11-12(19-14)17-8(2)22-11/h3-7H,1-2H3,(H,20,21)(H,16,18,19). The van der Waals surface area contributed by atoms with E-state index in [2.05, 4.69) is 25.3 Å². The molecule has 0 aliphatic heterocycles. The van der Waals surface area contributed by atoms with Gasteiger partial charge in [0, 0.05) is 12.4 Å². The van der Waals surface area contributed by atoms with Gasteiger partial charge in [-0.1, -0.05) is 6.07 Å². The molecular weight excluding hydrogens is 302 g/mol. The molecule has 0 bridgehead atoms. The highest BCUT2D eigenvalue weighted by atomic mass is 32.1. The van der Waals surface area contributed by atoms with Crippen LogP contribution in [0.4, 0.5) is 5.95 Å². The minimum atomic E-state index is -1.09. The second-order valence-corrected chi connectivity index (χ2v) is 5.94. The molecule has 3 rings (SSSR count). The highest BCUT2D eigenvalue weighted by Crippen LogP contribution is 2.25. The lowest BCUT2D eigenvalue weighted by Crippen LogP contribution is -2.12. The summed E-state index contributed by atoms with van der Waals surface area (Å²) in [7, 11) is 0. The van der Waals surface area contributed by atoms with Crippen LogP contribution in [-0.2, 0) is 0 Å². The molecule has 3 aromatic rings. The molecule has 0 radical (unpaired) electrons. The minimum absolute atomic E-state index is 0.0310. The molecule has 8 heteroatoms. The van der Waals surface area contributed by atoms with Crippen LogP contribution in [0.1, 0.15) is 34.0 Å². The van der Waals surface area contributed by atoms with Crippen LogP contribution in [0.15, 0.2) is 24.5 Å². The molecule has 22 heavy (non-hydrogen) atoms. The normalized spacial score (nSPS) is 12.3. The van der Waals surface area contributed by atoms with E-state index in [9.17, 15) is 9.90 Å². The number of carboxylic acid groups (broad SMARTS) is 1. The van der Waals surface area contributed by atoms with Crippen molar-refractivity contribution >= 4 is 33.6 Å². The first kappa shape index (κ1) is 14.3. The molecule has 3 heterocycles. The molecular formula is C14H13N5O2S. The Morgan fingerprint density at radius 2 is 2.18 bits per heavy atom. The quantitative estimate of drug-likeness (QED) is 0.763. The summed E-state index contributed by atoms with van der Waals surface area (Å²) >= 11 is 1.28. The summed E-state index contributed by atoms with van der Waals surface area (Å²) in [5.74, 6) is -0.848. The van der Waals surface area contributed by atoms with Gasteiger partial charge in [0.25, 0.3) is 0 Å². The van der Waals surface area contributed by atoms with Crippen molar-refractivity contribution in [3.8, 4) is 0 Å². The molecule has 1 unspecified atom stereocenters. The van der Waals surface area contributed by atoms with Crippen LogP contribution in [0, 0.1) is 6.92 Å². The van der Waals surface area contributed by atoms with E-state index in [1.165, 1.54) is 11.3 Å². The summed E-state index contributed by atoms with van der Waals surface area (Å²) in [6.07, 6.45) is 3.43. The van der Waals surface area contributed by atoms with Crippen molar-refractivity contribution in [1.29, 1.82) is 0 Å². The first-order valence-electron chi connectivity index (χ1n) is 6.59. The second-order valence-electron chi connectivity index (χ2n) is 4.74. The molecule has 0 saturated carbocycles. The van der Waals surface area contributed by atoms with Crippen molar-refractivity contribution in [1.82, 2.24) is 19.9 Å². The number of aryl methyl sites for hydroxylation is 1. The third-order valence-corrected chi connectivity index (χ3v) is 4.06. The Bertz CT molecular complexity index is 834. The average Bonchev–Trinajstić information content (AvgIpc) is 2.87. The van der Waals surface area contributed by atoms with E-state index < -0.39 is 5.97 Å². The molecule has 0 fully saturated rings. The number of thiazole rings is 1. The summed E-state index contributed by atoms with van der Waals surface area (Å²) in [6.45, 7) is 3.74. The maximum atomic E-state index is 11.4. The number of hydrogen-bond donors (Lipinski definition) is 2. The monoisotopic (exact) mass is 315 g/mol. The number of carboxylic acids is 1. The van der Waals surface area contributed by atoms with E-state index >= 15 is 0 Å². The van der Waals surface area contributed by atoms with Crippen molar-refractivity contribution in [2.75, 3.05) is 5.32 Å². The van der Waals surface area contributed by atoms with E-state index in [-0.39, 0.29) is 17.7 Å². The summed E-state index contributed by atoms with van der Waals surface area (Å²) in [5.41, 5.74) is 1.32. The third kappa shape index (κ3) is 2.73. The number of nitrogens with zero attached hydrogens (tertiary/aromatic N) is 4. The molecule has 1 atom stereocenters. The number of pyridine rings is 1. The van der Waals surface area contributed by atoms with E-state index in [0.717, 1.165) is 10.6 Å². The average molecular weight is 315 g/mol. The molecule has 0 saturated heterocycles. The topological polar surface area (TPSA) is 101 Å². The number of hydrogen-bond acceptors (Lipinski definition) is 7. The second kappa shape index (κ2) is 5.64. The van der Waals surface area contributed by atoms with Gasteiger partial charge in [0.1, 0.15) is 4.70 Å². The predicted octanol–water partition coefficient (Wildman–Crippen LogP) is 2.66. The highest BCUT2D eigenvalue weighted by Gasteiger charge is 2.18. The summed E-state index contributed by atoms with van der Waals surface area (Å²) in [4.78, 5) is 28.1. The molecule has 2 N–H and O–H groups in total. The number of anilines is 1. The summed E-state index contributed by atoms with van der Waals surface area (Å²) in [6, 6.07) is 3.66. The third-order valence-electron chi connectivity index (χ3n) is 3.09. The first-order chi connectivity index (χ1) is 10.5. The number of rotatable bonds is 4. The van der Waals surface area contributed by atoms with Crippen LogP contribution in [0.3, 0.4) is 0 Å². The smallest absolute Gasteiger partial charge is 0.356 e. The van der Waals surface area contributed by atoms with Gasteiger partial charge in [0.05, 0.1) is 11.0 Å². The lowest BCUT2D eigenvalue weighted by atomic mass is 10.1. The van der Waals surface area contributed by atoms with Gasteiger partial charge < -0.3 is 10.4 Å². The zero-order chi connectivity index (χ0) is 15.7. The van der Waals surface area contributed by atoms with Gasteiger partial charge >= 0.3 is 5.97 Å². The molecule has 3 aromatic heterocycles. The Morgan fingerprint density at radius 3 is 2.86 bits per heavy atom. The van der Waals surface area contributed by atoms with Crippen LogP contribution in [-0.4, -0.2) is 31.0 Å². The molecule has 112 valence electrons. The van der Waals surface area contributed by atoms with E-state index in [0.29, 0.717) is 10.3 Å². The van der Waals surface area contributed by atoms with E-state index in [1.54, 1.807) is 12.4 Å². The Kier molecular flexibility index (Phi) is 3.68. The lowest BCUT2D eigenvalue weighted by molar-refractivity contribution is 0.0693. The Labute approximate surface area is 130 Å². The maximum absolute atomic E-state index is 11.4. The lowest BCUT2D eigenvalue weighted by Gasteiger charge is -2.13. The molecule has 0 aliphatic carbocycles. The Balaban J connectivity index is 1.99. The van der Waals surface area contributed by atoms with Crippen LogP contribution in [0.5, 0.6) is 0 Å². The van der Waals surface area contributed by atoms with Gasteiger partial charge in [0.15, 0.2) is 11.3 Å². The van der Waals surface area contributed by atoms with Gasteiger partial charge in [0.2, 0.25) is 5.95 Å². The van der Waals surface area contributed by atoms with E-state index in [4.69, 9.17) is 0 Å². The van der Waals surface area contributed by atoms with Gasteiger partial charge in [-0.15, -0.1) is 11.3 Å². The largest absolute Gasteiger partial charge is 0.476 e. The molecule has 0 aromatic carbocycles. The Morgan fingerprint density at radius 1 is 1.36 bits per heavy atom. The molecule has 0 aliphatic rings. The van der Waals surface area contributed by atoms with Crippen molar-refractivity contribution in [3.63, 3.8) is 0 Å². The number of carbonyl (C=O) groups is 1. The Hall–Kier alpha value is -2.61. The first-order valence-corrected chi connectivity index (χ1v) is 7.41. The number of aromatic nitrogens is 4. The molecule has 0 amide bonds. The fraction of sp³-hybridized carbons (Fsp3) is 0.214.